The van der Waals surface area contributed by atoms with Gasteiger partial charge < -0.3 is 14.3 Å². The highest BCUT2D eigenvalue weighted by Gasteiger charge is 2.32. The van der Waals surface area contributed by atoms with Gasteiger partial charge in [0.05, 0.1) is 17.3 Å². The Bertz CT molecular complexity index is 1310. The highest BCUT2D eigenvalue weighted by Crippen LogP contribution is 2.32. The zero-order chi connectivity index (χ0) is 26.3. The Morgan fingerprint density at radius 3 is 2.59 bits per heavy atom. The molecule has 0 bridgehead atoms. The maximum Gasteiger partial charge on any atom is 0.416 e. The molecular weight excluding hydrogens is 485 g/mol. The summed E-state index contributed by atoms with van der Waals surface area (Å²) in [5.41, 5.74) is 1.62. The van der Waals surface area contributed by atoms with Crippen molar-refractivity contribution in [3.05, 3.63) is 95.0 Å². The molecule has 0 aliphatic heterocycles. The maximum absolute atomic E-state index is 13.2. The van der Waals surface area contributed by atoms with E-state index in [1.807, 2.05) is 35.1 Å². The molecule has 4 aromatic rings. The van der Waals surface area contributed by atoms with E-state index in [4.69, 9.17) is 14.3 Å². The van der Waals surface area contributed by atoms with Crippen LogP contribution in [0.1, 0.15) is 59.8 Å². The number of hydrogen-bond acceptors (Lipinski definition) is 6. The summed E-state index contributed by atoms with van der Waals surface area (Å²) >= 11 is 0. The van der Waals surface area contributed by atoms with Gasteiger partial charge >= 0.3 is 6.18 Å². The molecule has 194 valence electrons. The molecular formula is C27H27F3N4O3. The number of oxazole rings is 1. The minimum Gasteiger partial charge on any atom is -0.487 e. The molecule has 0 radical (unpaired) electrons. The summed E-state index contributed by atoms with van der Waals surface area (Å²) in [4.78, 5) is 4.26. The van der Waals surface area contributed by atoms with Crippen LogP contribution in [0.2, 0.25) is 0 Å². The van der Waals surface area contributed by atoms with Crippen molar-refractivity contribution >= 4 is 12.2 Å². The van der Waals surface area contributed by atoms with Crippen molar-refractivity contribution in [2.24, 2.45) is 0 Å². The molecule has 0 saturated heterocycles. The SMILES string of the molecule is CCCC(c1ccc(OCc2coc(C=Cc3ccccc3C(F)(F)F)n2)cc1)n1cc(CCO)nn1. The van der Waals surface area contributed by atoms with Gasteiger partial charge in [-0.3, -0.25) is 0 Å². The molecule has 4 rings (SSSR count). The Balaban J connectivity index is 1.38. The van der Waals surface area contributed by atoms with Crippen molar-refractivity contribution in [1.82, 2.24) is 20.0 Å². The number of alkyl halides is 3. The van der Waals surface area contributed by atoms with Crippen molar-refractivity contribution in [2.45, 2.75) is 45.0 Å². The van der Waals surface area contributed by atoms with Gasteiger partial charge in [0.25, 0.3) is 0 Å². The normalized spacial score (nSPS) is 12.8. The number of halogens is 3. The fourth-order valence-electron chi connectivity index (χ4n) is 3.89. The lowest BCUT2D eigenvalue weighted by Gasteiger charge is -2.17. The average Bonchev–Trinajstić information content (AvgIpc) is 3.55. The van der Waals surface area contributed by atoms with E-state index in [2.05, 4.69) is 22.2 Å². The number of hydrogen-bond donors (Lipinski definition) is 1. The van der Waals surface area contributed by atoms with Crippen molar-refractivity contribution in [3.8, 4) is 5.75 Å². The first-order chi connectivity index (χ1) is 17.9. The summed E-state index contributed by atoms with van der Waals surface area (Å²) in [5, 5.41) is 17.5. The molecule has 2 aromatic heterocycles. The average molecular weight is 513 g/mol. The molecule has 1 atom stereocenters. The van der Waals surface area contributed by atoms with Crippen molar-refractivity contribution in [3.63, 3.8) is 0 Å². The molecule has 0 saturated carbocycles. The van der Waals surface area contributed by atoms with Crippen LogP contribution in [0.3, 0.4) is 0 Å². The van der Waals surface area contributed by atoms with Crippen molar-refractivity contribution < 1.29 is 27.4 Å². The van der Waals surface area contributed by atoms with Gasteiger partial charge in [0.1, 0.15) is 24.3 Å². The van der Waals surface area contributed by atoms with Crippen LogP contribution in [0.15, 0.2) is 65.4 Å². The van der Waals surface area contributed by atoms with Gasteiger partial charge in [-0.25, -0.2) is 9.67 Å². The van der Waals surface area contributed by atoms with Gasteiger partial charge in [-0.2, -0.15) is 13.2 Å². The Morgan fingerprint density at radius 2 is 1.86 bits per heavy atom. The van der Waals surface area contributed by atoms with E-state index in [1.54, 1.807) is 6.07 Å². The quantitative estimate of drug-likeness (QED) is 0.267. The largest absolute Gasteiger partial charge is 0.487 e. The van der Waals surface area contributed by atoms with Crippen LogP contribution in [0, 0.1) is 0 Å². The predicted molar refractivity (Wildman–Crippen MR) is 132 cm³/mol. The third-order valence-electron chi connectivity index (χ3n) is 5.70. The first kappa shape index (κ1) is 26.2. The number of aliphatic hydroxyl groups excluding tert-OH is 1. The molecule has 2 aromatic carbocycles. The van der Waals surface area contributed by atoms with Gasteiger partial charge in [0.2, 0.25) is 5.89 Å². The Labute approximate surface area is 212 Å². The summed E-state index contributed by atoms with van der Waals surface area (Å²) in [5.74, 6) is 0.819. The van der Waals surface area contributed by atoms with E-state index < -0.39 is 11.7 Å². The standard InChI is InChI=1S/C27H27F3N4O3/c1-2-5-25(34-16-21(14-15-35)32-33-34)20-8-11-23(12-9-20)36-17-22-18-37-26(31-22)13-10-19-6-3-4-7-24(19)27(28,29)30/h3-4,6-13,16,18,25,35H,2,5,14-15,17H2,1H3. The molecule has 7 nitrogen and oxygen atoms in total. The summed E-state index contributed by atoms with van der Waals surface area (Å²) in [6.07, 6.45) is 3.86. The maximum atomic E-state index is 13.2. The van der Waals surface area contributed by atoms with Crippen LogP contribution < -0.4 is 4.74 Å². The first-order valence-corrected chi connectivity index (χ1v) is 11.9. The van der Waals surface area contributed by atoms with Gasteiger partial charge in [0.15, 0.2) is 0 Å². The number of rotatable bonds is 11. The molecule has 1 unspecified atom stereocenters. The summed E-state index contributed by atoms with van der Waals surface area (Å²) < 4.78 is 52.5. The molecule has 0 spiro atoms. The number of benzene rings is 2. The Hall–Kier alpha value is -3.92. The Kier molecular flexibility index (Phi) is 8.39. The molecule has 37 heavy (non-hydrogen) atoms. The van der Waals surface area contributed by atoms with Crippen LogP contribution >= 0.6 is 0 Å². The van der Waals surface area contributed by atoms with Crippen LogP contribution in [0.5, 0.6) is 5.75 Å². The molecule has 0 aliphatic carbocycles. The summed E-state index contributed by atoms with van der Waals surface area (Å²) in [6.45, 7) is 2.27. The van der Waals surface area contributed by atoms with Crippen LogP contribution in [0.25, 0.3) is 12.2 Å². The van der Waals surface area contributed by atoms with Crippen LogP contribution in [-0.4, -0.2) is 31.7 Å². The minimum absolute atomic E-state index is 0.0198. The lowest BCUT2D eigenvalue weighted by Crippen LogP contribution is -2.11. The minimum atomic E-state index is -4.44. The third kappa shape index (κ3) is 6.85. The smallest absolute Gasteiger partial charge is 0.416 e. The zero-order valence-electron chi connectivity index (χ0n) is 20.2. The van der Waals surface area contributed by atoms with E-state index in [0.29, 0.717) is 17.9 Å². The second-order valence-electron chi connectivity index (χ2n) is 8.42. The number of ether oxygens (including phenoxy) is 1. The number of nitrogens with zero attached hydrogens (tertiary/aromatic N) is 4. The summed E-state index contributed by atoms with van der Waals surface area (Å²) in [7, 11) is 0. The topological polar surface area (TPSA) is 86.2 Å². The van der Waals surface area contributed by atoms with E-state index in [0.717, 1.165) is 30.2 Å². The van der Waals surface area contributed by atoms with Crippen LogP contribution in [0.4, 0.5) is 13.2 Å². The highest BCUT2D eigenvalue weighted by molar-refractivity contribution is 5.68. The van der Waals surface area contributed by atoms with Crippen molar-refractivity contribution in [1.29, 1.82) is 0 Å². The Morgan fingerprint density at radius 1 is 1.08 bits per heavy atom. The molecule has 0 fully saturated rings. The van der Waals surface area contributed by atoms with Gasteiger partial charge in [0, 0.05) is 25.3 Å². The second kappa shape index (κ2) is 11.9. The number of aromatic nitrogens is 4. The highest BCUT2D eigenvalue weighted by atomic mass is 19.4. The molecule has 0 aliphatic rings. The first-order valence-electron chi connectivity index (χ1n) is 11.9. The van der Waals surface area contributed by atoms with E-state index >= 15 is 0 Å². The van der Waals surface area contributed by atoms with E-state index in [1.165, 1.54) is 30.5 Å². The van der Waals surface area contributed by atoms with Crippen LogP contribution in [-0.2, 0) is 19.2 Å². The van der Waals surface area contributed by atoms with Crippen molar-refractivity contribution in [2.75, 3.05) is 6.61 Å². The molecule has 0 amide bonds. The second-order valence-corrected chi connectivity index (χ2v) is 8.42. The zero-order valence-corrected chi connectivity index (χ0v) is 20.2. The fourth-order valence-corrected chi connectivity index (χ4v) is 3.89. The lowest BCUT2D eigenvalue weighted by molar-refractivity contribution is -0.137. The molecule has 10 heteroatoms. The summed E-state index contributed by atoms with van der Waals surface area (Å²) in [6, 6.07) is 13.0. The van der Waals surface area contributed by atoms with Gasteiger partial charge in [-0.05, 0) is 41.8 Å². The fraction of sp³-hybridized carbons (Fsp3) is 0.296. The molecule has 1 N–H and O–H groups in total. The number of aliphatic hydroxyl groups is 1. The third-order valence-corrected chi connectivity index (χ3v) is 5.70. The lowest BCUT2D eigenvalue weighted by atomic mass is 10.0. The van der Waals surface area contributed by atoms with E-state index in [9.17, 15) is 13.2 Å². The van der Waals surface area contributed by atoms with E-state index in [-0.39, 0.29) is 30.7 Å². The van der Waals surface area contributed by atoms with Gasteiger partial charge in [-0.15, -0.1) is 5.10 Å². The monoisotopic (exact) mass is 512 g/mol. The van der Waals surface area contributed by atoms with Gasteiger partial charge in [-0.1, -0.05) is 48.9 Å². The predicted octanol–water partition coefficient (Wildman–Crippen LogP) is 5.96. The molecule has 2 heterocycles.